The number of nitrogens with two attached hydrogens (primary N) is 1. The number of benzene rings is 2. The Balaban J connectivity index is 1.95. The van der Waals surface area contributed by atoms with Crippen LogP contribution in [0.1, 0.15) is 43.9 Å². The summed E-state index contributed by atoms with van der Waals surface area (Å²) in [7, 11) is 1.65. The molecule has 2 aliphatic rings. The van der Waals surface area contributed by atoms with Gasteiger partial charge in [-0.25, -0.2) is 4.99 Å². The standard InChI is InChI=1S/C23H24N4O2/c1-5-15-7-6-14(12-24)10-17(15)16-8-9-19-18(11-16)23(13-22(2,3)29-19)20(28)27(4)21(25)26-23/h6-11H,5,13H2,1-4H3,(H2,25,26). The van der Waals surface area contributed by atoms with E-state index in [2.05, 4.69) is 18.0 Å². The number of nitriles is 1. The van der Waals surface area contributed by atoms with Gasteiger partial charge in [0.2, 0.25) is 0 Å². The van der Waals surface area contributed by atoms with Crippen molar-refractivity contribution < 1.29 is 9.53 Å². The molecule has 0 aliphatic carbocycles. The van der Waals surface area contributed by atoms with Crippen molar-refractivity contribution in [1.82, 2.24) is 4.90 Å². The van der Waals surface area contributed by atoms with Gasteiger partial charge in [0.15, 0.2) is 11.5 Å². The summed E-state index contributed by atoms with van der Waals surface area (Å²) in [5.74, 6) is 0.704. The molecule has 2 aromatic rings. The number of rotatable bonds is 2. The van der Waals surface area contributed by atoms with E-state index < -0.39 is 11.1 Å². The van der Waals surface area contributed by atoms with E-state index >= 15 is 0 Å². The lowest BCUT2D eigenvalue weighted by Gasteiger charge is -2.41. The molecule has 1 spiro atoms. The van der Waals surface area contributed by atoms with Gasteiger partial charge in [0.1, 0.15) is 11.4 Å². The van der Waals surface area contributed by atoms with Gasteiger partial charge in [0.05, 0.1) is 11.6 Å². The Morgan fingerprint density at radius 3 is 2.66 bits per heavy atom. The molecule has 0 bridgehead atoms. The van der Waals surface area contributed by atoms with Gasteiger partial charge in [-0.15, -0.1) is 0 Å². The van der Waals surface area contributed by atoms with Gasteiger partial charge in [0.25, 0.3) is 5.91 Å². The lowest BCUT2D eigenvalue weighted by atomic mass is 9.76. The molecule has 0 fully saturated rings. The zero-order valence-electron chi connectivity index (χ0n) is 17.1. The fourth-order valence-electron chi connectivity index (χ4n) is 4.37. The number of fused-ring (bicyclic) bond motifs is 2. The lowest BCUT2D eigenvalue weighted by Crippen LogP contribution is -2.49. The molecule has 0 saturated carbocycles. The monoisotopic (exact) mass is 388 g/mol. The highest BCUT2D eigenvalue weighted by atomic mass is 16.5. The minimum Gasteiger partial charge on any atom is -0.487 e. The first-order chi connectivity index (χ1) is 13.7. The largest absolute Gasteiger partial charge is 0.487 e. The highest BCUT2D eigenvalue weighted by molar-refractivity contribution is 6.07. The molecule has 1 atom stereocenters. The van der Waals surface area contributed by atoms with E-state index in [1.807, 2.05) is 50.2 Å². The number of aliphatic imine (C=N–C) groups is 1. The van der Waals surface area contributed by atoms with Gasteiger partial charge < -0.3 is 10.5 Å². The lowest BCUT2D eigenvalue weighted by molar-refractivity contribution is -0.133. The number of nitrogens with zero attached hydrogens (tertiary/aromatic N) is 3. The second kappa shape index (κ2) is 6.35. The highest BCUT2D eigenvalue weighted by Gasteiger charge is 2.55. The van der Waals surface area contributed by atoms with Gasteiger partial charge in [-0.2, -0.15) is 5.26 Å². The van der Waals surface area contributed by atoms with E-state index in [1.54, 1.807) is 7.05 Å². The minimum atomic E-state index is -1.09. The summed E-state index contributed by atoms with van der Waals surface area (Å²) in [6.07, 6.45) is 1.23. The predicted molar refractivity (Wildman–Crippen MR) is 111 cm³/mol. The van der Waals surface area contributed by atoms with E-state index in [-0.39, 0.29) is 11.9 Å². The molecule has 6 nitrogen and oxygen atoms in total. The number of carbonyl (C=O) groups excluding carboxylic acids is 1. The number of likely N-dealkylation sites (N-methyl/N-ethyl adjacent to an activating group) is 1. The number of guanidine groups is 1. The van der Waals surface area contributed by atoms with E-state index in [4.69, 9.17) is 10.5 Å². The van der Waals surface area contributed by atoms with Crippen molar-refractivity contribution in [2.75, 3.05) is 7.05 Å². The van der Waals surface area contributed by atoms with Crippen molar-refractivity contribution in [2.45, 2.75) is 44.8 Å². The Labute approximate surface area is 170 Å². The Kier molecular flexibility index (Phi) is 4.16. The summed E-state index contributed by atoms with van der Waals surface area (Å²) in [6, 6.07) is 13.7. The average Bonchev–Trinajstić information content (AvgIpc) is 2.90. The second-order valence-corrected chi connectivity index (χ2v) is 8.28. The molecular formula is C23H24N4O2. The summed E-state index contributed by atoms with van der Waals surface area (Å²) in [5, 5.41) is 9.33. The van der Waals surface area contributed by atoms with Gasteiger partial charge >= 0.3 is 0 Å². The minimum absolute atomic E-state index is 0.147. The molecule has 29 heavy (non-hydrogen) atoms. The third kappa shape index (κ3) is 2.85. The Hall–Kier alpha value is -3.33. The molecule has 2 aromatic carbocycles. The van der Waals surface area contributed by atoms with E-state index in [0.29, 0.717) is 17.7 Å². The summed E-state index contributed by atoms with van der Waals surface area (Å²) in [5.41, 5.74) is 8.73. The van der Waals surface area contributed by atoms with Crippen LogP contribution in [0.5, 0.6) is 5.75 Å². The van der Waals surface area contributed by atoms with Crippen molar-refractivity contribution in [3.63, 3.8) is 0 Å². The Bertz CT molecular complexity index is 1100. The van der Waals surface area contributed by atoms with Crippen LogP contribution in [0.3, 0.4) is 0 Å². The molecule has 0 saturated heterocycles. The van der Waals surface area contributed by atoms with Gasteiger partial charge in [-0.05, 0) is 61.2 Å². The van der Waals surface area contributed by atoms with Gasteiger partial charge in [-0.3, -0.25) is 9.69 Å². The summed E-state index contributed by atoms with van der Waals surface area (Å²) >= 11 is 0. The van der Waals surface area contributed by atoms with E-state index in [0.717, 1.165) is 28.7 Å². The van der Waals surface area contributed by atoms with Crippen LogP contribution in [0.4, 0.5) is 0 Å². The highest BCUT2D eigenvalue weighted by Crippen LogP contribution is 2.50. The molecular weight excluding hydrogens is 364 g/mol. The van der Waals surface area contributed by atoms with Crippen molar-refractivity contribution in [3.05, 3.63) is 53.1 Å². The summed E-state index contributed by atoms with van der Waals surface area (Å²) in [4.78, 5) is 19.3. The van der Waals surface area contributed by atoms with Crippen molar-refractivity contribution in [2.24, 2.45) is 10.7 Å². The SMILES string of the molecule is CCc1ccc(C#N)cc1-c1ccc2c(c1)C1(CC(C)(C)O2)N=C(N)N(C)C1=O. The molecule has 4 rings (SSSR count). The first-order valence-corrected chi connectivity index (χ1v) is 9.71. The van der Waals surface area contributed by atoms with Gasteiger partial charge in [-0.1, -0.05) is 19.1 Å². The molecule has 6 heteroatoms. The summed E-state index contributed by atoms with van der Waals surface area (Å²) < 4.78 is 6.18. The molecule has 148 valence electrons. The van der Waals surface area contributed by atoms with Crippen molar-refractivity contribution in [3.8, 4) is 22.9 Å². The molecule has 2 N–H and O–H groups in total. The number of hydrogen-bond acceptors (Lipinski definition) is 5. The van der Waals surface area contributed by atoms with Gasteiger partial charge in [0, 0.05) is 19.0 Å². The maximum Gasteiger partial charge on any atom is 0.261 e. The third-order valence-corrected chi connectivity index (χ3v) is 5.73. The van der Waals surface area contributed by atoms with E-state index in [9.17, 15) is 10.1 Å². The van der Waals surface area contributed by atoms with Crippen LogP contribution in [-0.4, -0.2) is 29.4 Å². The molecule has 2 aliphatic heterocycles. The maximum atomic E-state index is 13.2. The molecule has 0 aromatic heterocycles. The number of aryl methyl sites for hydroxylation is 1. The number of ether oxygens (including phenoxy) is 1. The second-order valence-electron chi connectivity index (χ2n) is 8.28. The Morgan fingerprint density at radius 2 is 2.03 bits per heavy atom. The van der Waals surface area contributed by atoms with Crippen LogP contribution in [-0.2, 0) is 16.8 Å². The predicted octanol–water partition coefficient (Wildman–Crippen LogP) is 3.33. The maximum absolute atomic E-state index is 13.2. The molecule has 2 heterocycles. The first-order valence-electron chi connectivity index (χ1n) is 9.71. The quantitative estimate of drug-likeness (QED) is 0.854. The smallest absolute Gasteiger partial charge is 0.261 e. The normalized spacial score (nSPS) is 22.1. The third-order valence-electron chi connectivity index (χ3n) is 5.73. The van der Waals surface area contributed by atoms with Crippen LogP contribution in [0.15, 0.2) is 41.4 Å². The Morgan fingerprint density at radius 1 is 1.28 bits per heavy atom. The topological polar surface area (TPSA) is 91.7 Å². The van der Waals surface area contributed by atoms with Crippen molar-refractivity contribution >= 4 is 11.9 Å². The van der Waals surface area contributed by atoms with Crippen LogP contribution < -0.4 is 10.5 Å². The fourth-order valence-corrected chi connectivity index (χ4v) is 4.37. The van der Waals surface area contributed by atoms with Crippen LogP contribution in [0.2, 0.25) is 0 Å². The van der Waals surface area contributed by atoms with Crippen LogP contribution in [0, 0.1) is 11.3 Å². The molecule has 0 radical (unpaired) electrons. The number of hydrogen-bond donors (Lipinski definition) is 1. The average molecular weight is 388 g/mol. The van der Waals surface area contributed by atoms with E-state index in [1.165, 1.54) is 4.90 Å². The zero-order chi connectivity index (χ0) is 21.0. The number of amides is 1. The molecule has 1 unspecified atom stereocenters. The fraction of sp³-hybridized carbons (Fsp3) is 0.348. The number of carbonyl (C=O) groups is 1. The summed E-state index contributed by atoms with van der Waals surface area (Å²) in [6.45, 7) is 5.99. The first kappa shape index (κ1) is 19.0. The van der Waals surface area contributed by atoms with Crippen molar-refractivity contribution in [1.29, 1.82) is 5.26 Å². The molecule has 1 amide bonds. The van der Waals surface area contributed by atoms with Crippen LogP contribution >= 0.6 is 0 Å². The zero-order valence-corrected chi connectivity index (χ0v) is 17.1. The van der Waals surface area contributed by atoms with Crippen LogP contribution in [0.25, 0.3) is 11.1 Å².